The number of nitrogens with zero attached hydrogens (tertiary/aromatic N) is 2. The van der Waals surface area contributed by atoms with Gasteiger partial charge >= 0.3 is 6.03 Å². The maximum Gasteiger partial charge on any atom is 0.321 e. The van der Waals surface area contributed by atoms with Crippen molar-refractivity contribution in [2.45, 2.75) is 12.6 Å². The molecule has 9 heteroatoms. The van der Waals surface area contributed by atoms with Gasteiger partial charge in [0, 0.05) is 42.4 Å². The minimum Gasteiger partial charge on any atom is -0.395 e. The zero-order chi connectivity index (χ0) is 22.8. The fourth-order valence-electron chi connectivity index (χ4n) is 3.66. The summed E-state index contributed by atoms with van der Waals surface area (Å²) in [5, 5.41) is 15.6. The lowest BCUT2D eigenvalue weighted by atomic mass is 9.97. The molecule has 8 nitrogen and oxygen atoms in total. The largest absolute Gasteiger partial charge is 0.395 e. The monoisotopic (exact) mass is 436 g/mol. The summed E-state index contributed by atoms with van der Waals surface area (Å²) in [4.78, 5) is 39.3. The van der Waals surface area contributed by atoms with E-state index in [9.17, 15) is 18.8 Å². The lowest BCUT2D eigenvalue weighted by Gasteiger charge is -2.30. The molecule has 2 heterocycles. The van der Waals surface area contributed by atoms with Crippen LogP contribution in [0.2, 0.25) is 0 Å². The van der Waals surface area contributed by atoms with Crippen LogP contribution in [0.15, 0.2) is 71.3 Å². The second-order valence-corrected chi connectivity index (χ2v) is 7.39. The molecule has 0 fully saturated rings. The molecule has 32 heavy (non-hydrogen) atoms. The normalized spacial score (nSPS) is 16.0. The summed E-state index contributed by atoms with van der Waals surface area (Å²) in [7, 11) is 1.52. The third-order valence-electron chi connectivity index (χ3n) is 5.31. The smallest absolute Gasteiger partial charge is 0.321 e. The fraction of sp³-hybridized carbons (Fsp3) is 0.174. The second-order valence-electron chi connectivity index (χ2n) is 7.39. The molecule has 3 amide bonds. The van der Waals surface area contributed by atoms with E-state index in [0.717, 1.165) is 0 Å². The van der Waals surface area contributed by atoms with Crippen LogP contribution in [0.4, 0.5) is 14.9 Å². The number of aliphatic hydroxyl groups excluding tert-OH is 1. The number of hydrogen-bond donors (Lipinski definition) is 3. The molecule has 0 spiro atoms. The summed E-state index contributed by atoms with van der Waals surface area (Å²) in [6.07, 6.45) is 2.99. The van der Waals surface area contributed by atoms with Crippen LogP contribution in [0.1, 0.15) is 11.6 Å². The first-order valence-electron chi connectivity index (χ1n) is 9.94. The number of carbonyl (C=O) groups is 2. The Hall–Kier alpha value is -3.98. The third kappa shape index (κ3) is 3.97. The second kappa shape index (κ2) is 8.64. The SMILES string of the molecule is CN1C=C(C(=O)Nc2cccc3c(=O)n(CCO)ccc23)[C@H](c2ccc(F)cc2)NC1=O. The van der Waals surface area contributed by atoms with Crippen molar-refractivity contribution in [2.75, 3.05) is 19.0 Å². The number of rotatable bonds is 5. The molecular formula is C23H21FN4O4. The number of hydrogen-bond acceptors (Lipinski definition) is 4. The van der Waals surface area contributed by atoms with E-state index in [0.29, 0.717) is 22.0 Å². The molecule has 164 valence electrons. The Morgan fingerprint density at radius 1 is 1.12 bits per heavy atom. The summed E-state index contributed by atoms with van der Waals surface area (Å²) in [6, 6.07) is 11.1. The van der Waals surface area contributed by atoms with E-state index in [1.807, 2.05) is 0 Å². The summed E-state index contributed by atoms with van der Waals surface area (Å²) in [5.41, 5.74) is 0.961. The first-order chi connectivity index (χ1) is 15.4. The first-order valence-corrected chi connectivity index (χ1v) is 9.94. The summed E-state index contributed by atoms with van der Waals surface area (Å²) >= 11 is 0. The Bertz CT molecular complexity index is 1280. The number of halogens is 1. The minimum absolute atomic E-state index is 0.167. The van der Waals surface area contributed by atoms with Gasteiger partial charge in [-0.15, -0.1) is 0 Å². The predicted molar refractivity (Wildman–Crippen MR) is 117 cm³/mol. The Balaban J connectivity index is 1.70. The van der Waals surface area contributed by atoms with Crippen molar-refractivity contribution in [2.24, 2.45) is 0 Å². The third-order valence-corrected chi connectivity index (χ3v) is 5.31. The van der Waals surface area contributed by atoms with Gasteiger partial charge in [-0.2, -0.15) is 0 Å². The van der Waals surface area contributed by atoms with Gasteiger partial charge in [-0.3, -0.25) is 9.59 Å². The molecule has 0 unspecified atom stereocenters. The Morgan fingerprint density at radius 3 is 2.59 bits per heavy atom. The van der Waals surface area contributed by atoms with Crippen LogP contribution >= 0.6 is 0 Å². The topological polar surface area (TPSA) is 104 Å². The molecule has 1 atom stereocenters. The molecule has 0 saturated heterocycles. The number of pyridine rings is 1. The Kier molecular flexibility index (Phi) is 5.74. The van der Waals surface area contributed by atoms with E-state index in [1.54, 1.807) is 30.5 Å². The fourth-order valence-corrected chi connectivity index (χ4v) is 3.66. The van der Waals surface area contributed by atoms with E-state index in [4.69, 9.17) is 5.11 Å². The first kappa shape index (κ1) is 21.3. The van der Waals surface area contributed by atoms with Gasteiger partial charge < -0.3 is 25.2 Å². The van der Waals surface area contributed by atoms with Crippen LogP contribution in [0.25, 0.3) is 10.8 Å². The average Bonchev–Trinajstić information content (AvgIpc) is 2.78. The van der Waals surface area contributed by atoms with Crippen LogP contribution in [0.5, 0.6) is 0 Å². The molecule has 1 aliphatic rings. The van der Waals surface area contributed by atoms with Crippen LogP contribution in [-0.4, -0.2) is 40.2 Å². The number of aromatic nitrogens is 1. The summed E-state index contributed by atoms with van der Waals surface area (Å²) in [5.74, 6) is -0.899. The van der Waals surface area contributed by atoms with Crippen molar-refractivity contribution < 1.29 is 19.1 Å². The number of fused-ring (bicyclic) bond motifs is 1. The number of carbonyl (C=O) groups excluding carboxylic acids is 2. The quantitative estimate of drug-likeness (QED) is 0.571. The molecule has 0 bridgehead atoms. The highest BCUT2D eigenvalue weighted by Crippen LogP contribution is 2.28. The zero-order valence-electron chi connectivity index (χ0n) is 17.2. The van der Waals surface area contributed by atoms with Gasteiger partial charge in [0.05, 0.1) is 18.2 Å². The van der Waals surface area contributed by atoms with Crippen molar-refractivity contribution >= 4 is 28.4 Å². The maximum atomic E-state index is 13.4. The van der Waals surface area contributed by atoms with Gasteiger partial charge in [-0.1, -0.05) is 18.2 Å². The molecule has 4 rings (SSSR count). The zero-order valence-corrected chi connectivity index (χ0v) is 17.2. The van der Waals surface area contributed by atoms with E-state index in [2.05, 4.69) is 10.6 Å². The van der Waals surface area contributed by atoms with Gasteiger partial charge in [-0.05, 0) is 35.9 Å². The summed E-state index contributed by atoms with van der Waals surface area (Å²) in [6.45, 7) is 0.00361. The Labute approximate surface area is 182 Å². The van der Waals surface area contributed by atoms with Crippen molar-refractivity contribution in [1.82, 2.24) is 14.8 Å². The molecule has 3 aromatic rings. The van der Waals surface area contributed by atoms with Crippen LogP contribution in [-0.2, 0) is 11.3 Å². The molecule has 0 radical (unpaired) electrons. The lowest BCUT2D eigenvalue weighted by Crippen LogP contribution is -2.44. The number of benzene rings is 2. The molecule has 0 aliphatic carbocycles. The molecule has 1 aromatic heterocycles. The highest BCUT2D eigenvalue weighted by molar-refractivity contribution is 6.10. The lowest BCUT2D eigenvalue weighted by molar-refractivity contribution is -0.113. The van der Waals surface area contributed by atoms with Crippen LogP contribution in [0.3, 0.4) is 0 Å². The highest BCUT2D eigenvalue weighted by atomic mass is 19.1. The van der Waals surface area contributed by atoms with Crippen molar-refractivity contribution in [3.05, 3.63) is 88.2 Å². The van der Waals surface area contributed by atoms with Crippen LogP contribution in [0, 0.1) is 5.82 Å². The van der Waals surface area contributed by atoms with E-state index in [-0.39, 0.29) is 24.3 Å². The number of urea groups is 1. The molecule has 0 saturated carbocycles. The maximum absolute atomic E-state index is 13.4. The number of nitrogens with one attached hydrogen (secondary N) is 2. The van der Waals surface area contributed by atoms with E-state index in [1.165, 1.54) is 47.0 Å². The average molecular weight is 436 g/mol. The number of amides is 3. The van der Waals surface area contributed by atoms with E-state index < -0.39 is 23.8 Å². The van der Waals surface area contributed by atoms with Crippen LogP contribution < -0.4 is 16.2 Å². The van der Waals surface area contributed by atoms with Crippen molar-refractivity contribution in [3.8, 4) is 0 Å². The highest BCUT2D eigenvalue weighted by Gasteiger charge is 2.30. The standard InChI is InChI=1S/C23H21FN4O4/c1-27-13-18(20(26-23(27)32)14-5-7-15(24)8-6-14)21(30)25-19-4-2-3-17-16(19)9-10-28(11-12-29)22(17)31/h2-10,13,20,29H,11-12H2,1H3,(H,25,30)(H,26,32)/t20-/m0/s1. The van der Waals surface area contributed by atoms with Gasteiger partial charge in [0.2, 0.25) is 0 Å². The predicted octanol–water partition coefficient (Wildman–Crippen LogP) is 2.35. The molecule has 2 aromatic carbocycles. The molecule has 3 N–H and O–H groups in total. The minimum atomic E-state index is -0.768. The molecular weight excluding hydrogens is 415 g/mol. The number of anilines is 1. The van der Waals surface area contributed by atoms with Crippen molar-refractivity contribution in [1.29, 1.82) is 0 Å². The molecule has 1 aliphatic heterocycles. The number of aliphatic hydroxyl groups is 1. The van der Waals surface area contributed by atoms with Gasteiger partial charge in [0.25, 0.3) is 11.5 Å². The van der Waals surface area contributed by atoms with Crippen molar-refractivity contribution in [3.63, 3.8) is 0 Å². The summed E-state index contributed by atoms with van der Waals surface area (Å²) < 4.78 is 14.8. The van der Waals surface area contributed by atoms with Gasteiger partial charge in [-0.25, -0.2) is 9.18 Å². The van der Waals surface area contributed by atoms with Gasteiger partial charge in [0.15, 0.2) is 0 Å². The Morgan fingerprint density at radius 2 is 1.88 bits per heavy atom. The van der Waals surface area contributed by atoms with Gasteiger partial charge in [0.1, 0.15) is 5.82 Å². The van der Waals surface area contributed by atoms with E-state index >= 15 is 0 Å².